The van der Waals surface area contributed by atoms with Crippen LogP contribution in [0.2, 0.25) is 5.02 Å². The number of hydrogen-bond donors (Lipinski definition) is 2. The Bertz CT molecular complexity index is 1050. The van der Waals surface area contributed by atoms with Gasteiger partial charge < -0.3 is 10.6 Å². The molecule has 0 radical (unpaired) electrons. The van der Waals surface area contributed by atoms with Crippen LogP contribution in [-0.4, -0.2) is 11.8 Å². The molecule has 0 bridgehead atoms. The molecule has 0 aromatic heterocycles. The minimum atomic E-state index is -0.312. The fraction of sp³-hybridized carbons (Fsp3) is 0.130. The number of carbonyl (C=O) groups excluding carboxylic acids is 2. The van der Waals surface area contributed by atoms with Crippen LogP contribution in [0.25, 0.3) is 0 Å². The van der Waals surface area contributed by atoms with Crippen LogP contribution in [-0.2, 0) is 6.42 Å². The van der Waals surface area contributed by atoms with E-state index in [9.17, 15) is 9.59 Å². The van der Waals surface area contributed by atoms with E-state index in [0.29, 0.717) is 21.8 Å². The molecule has 4 nitrogen and oxygen atoms in total. The van der Waals surface area contributed by atoms with Crippen molar-refractivity contribution in [3.63, 3.8) is 0 Å². The van der Waals surface area contributed by atoms with Crippen LogP contribution in [0, 0.1) is 0 Å². The SMILES string of the molecule is O=C(NC1CCc2ccccc21)c1cccc(NC(=O)c2ccccc2Cl)c1. The van der Waals surface area contributed by atoms with Crippen molar-refractivity contribution in [1.82, 2.24) is 5.32 Å². The van der Waals surface area contributed by atoms with Gasteiger partial charge in [-0.1, -0.05) is 54.1 Å². The van der Waals surface area contributed by atoms with Crippen LogP contribution in [0.4, 0.5) is 5.69 Å². The molecule has 3 aromatic carbocycles. The fourth-order valence-corrected chi connectivity index (χ4v) is 3.75. The smallest absolute Gasteiger partial charge is 0.257 e. The van der Waals surface area contributed by atoms with Crippen LogP contribution in [0.15, 0.2) is 72.8 Å². The maximum absolute atomic E-state index is 12.7. The predicted octanol–water partition coefficient (Wildman–Crippen LogP) is 5.01. The highest BCUT2D eigenvalue weighted by molar-refractivity contribution is 6.34. The summed E-state index contributed by atoms with van der Waals surface area (Å²) in [5.41, 5.74) is 3.90. The Morgan fingerprint density at radius 2 is 1.68 bits per heavy atom. The molecule has 0 spiro atoms. The van der Waals surface area contributed by atoms with Crippen molar-refractivity contribution in [2.24, 2.45) is 0 Å². The Balaban J connectivity index is 1.47. The molecule has 0 aliphatic heterocycles. The quantitative estimate of drug-likeness (QED) is 0.657. The lowest BCUT2D eigenvalue weighted by molar-refractivity contribution is 0.0935. The third-order valence-corrected chi connectivity index (χ3v) is 5.27. The summed E-state index contributed by atoms with van der Waals surface area (Å²) in [5, 5.41) is 6.28. The fourth-order valence-electron chi connectivity index (χ4n) is 3.53. The van der Waals surface area contributed by atoms with E-state index < -0.39 is 0 Å². The Morgan fingerprint density at radius 3 is 2.54 bits per heavy atom. The molecule has 3 aromatic rings. The summed E-state index contributed by atoms with van der Waals surface area (Å²) >= 11 is 6.08. The van der Waals surface area contributed by atoms with Crippen LogP contribution in [0.1, 0.15) is 44.3 Å². The van der Waals surface area contributed by atoms with E-state index in [-0.39, 0.29) is 17.9 Å². The van der Waals surface area contributed by atoms with E-state index in [1.807, 2.05) is 12.1 Å². The molecule has 5 heteroatoms. The summed E-state index contributed by atoms with van der Waals surface area (Å²) in [7, 11) is 0. The molecule has 1 atom stereocenters. The van der Waals surface area contributed by atoms with Crippen molar-refractivity contribution in [2.45, 2.75) is 18.9 Å². The van der Waals surface area contributed by atoms with E-state index in [1.54, 1.807) is 48.5 Å². The minimum absolute atomic E-state index is 0.0186. The van der Waals surface area contributed by atoms with Gasteiger partial charge in [0.05, 0.1) is 16.6 Å². The van der Waals surface area contributed by atoms with Gasteiger partial charge >= 0.3 is 0 Å². The van der Waals surface area contributed by atoms with Crippen LogP contribution < -0.4 is 10.6 Å². The molecular formula is C23H19ClN2O2. The second kappa shape index (κ2) is 7.87. The molecule has 0 saturated heterocycles. The molecule has 4 rings (SSSR count). The maximum Gasteiger partial charge on any atom is 0.257 e. The van der Waals surface area contributed by atoms with Gasteiger partial charge in [-0.25, -0.2) is 0 Å². The zero-order valence-electron chi connectivity index (χ0n) is 15.1. The molecule has 28 heavy (non-hydrogen) atoms. The Hall–Kier alpha value is -3.11. The van der Waals surface area contributed by atoms with Gasteiger partial charge in [-0.3, -0.25) is 9.59 Å². The van der Waals surface area contributed by atoms with Crippen molar-refractivity contribution < 1.29 is 9.59 Å². The minimum Gasteiger partial charge on any atom is -0.345 e. The maximum atomic E-state index is 12.7. The lowest BCUT2D eigenvalue weighted by Crippen LogP contribution is -2.27. The number of rotatable bonds is 4. The first-order valence-corrected chi connectivity index (χ1v) is 9.54. The highest BCUT2D eigenvalue weighted by atomic mass is 35.5. The van der Waals surface area contributed by atoms with Crippen LogP contribution >= 0.6 is 11.6 Å². The molecule has 1 aliphatic carbocycles. The van der Waals surface area contributed by atoms with E-state index in [1.165, 1.54) is 11.1 Å². The standard InChI is InChI=1S/C23H19ClN2O2/c24-20-11-4-3-10-19(20)23(28)25-17-8-5-7-16(14-17)22(27)26-21-13-12-15-6-1-2-9-18(15)21/h1-11,14,21H,12-13H2,(H,25,28)(H,26,27). The van der Waals surface area contributed by atoms with Gasteiger partial charge in [-0.15, -0.1) is 0 Å². The molecule has 0 saturated carbocycles. The Labute approximate surface area is 168 Å². The van der Waals surface area contributed by atoms with Crippen molar-refractivity contribution in [3.8, 4) is 0 Å². The van der Waals surface area contributed by atoms with Gasteiger partial charge in [0.1, 0.15) is 0 Å². The topological polar surface area (TPSA) is 58.2 Å². The summed E-state index contributed by atoms with van der Waals surface area (Å²) < 4.78 is 0. The molecule has 2 N–H and O–H groups in total. The zero-order valence-corrected chi connectivity index (χ0v) is 15.9. The predicted molar refractivity (Wildman–Crippen MR) is 111 cm³/mol. The summed E-state index contributed by atoms with van der Waals surface area (Å²) in [6.07, 6.45) is 1.86. The number of aryl methyl sites for hydroxylation is 1. The number of anilines is 1. The zero-order chi connectivity index (χ0) is 19.5. The summed E-state index contributed by atoms with van der Waals surface area (Å²) in [6.45, 7) is 0. The van der Waals surface area contributed by atoms with Gasteiger partial charge in [0.15, 0.2) is 0 Å². The Kier molecular flexibility index (Phi) is 5.13. The summed E-state index contributed by atoms with van der Waals surface area (Å²) in [4.78, 5) is 25.2. The van der Waals surface area contributed by atoms with E-state index >= 15 is 0 Å². The van der Waals surface area contributed by atoms with Crippen molar-refractivity contribution >= 4 is 29.1 Å². The van der Waals surface area contributed by atoms with Crippen molar-refractivity contribution in [1.29, 1.82) is 0 Å². The average molecular weight is 391 g/mol. The molecule has 140 valence electrons. The number of fused-ring (bicyclic) bond motifs is 1. The molecule has 0 fully saturated rings. The van der Waals surface area contributed by atoms with Crippen molar-refractivity contribution in [2.75, 3.05) is 5.32 Å². The third kappa shape index (κ3) is 3.78. The first-order chi connectivity index (χ1) is 13.6. The second-order valence-corrected chi connectivity index (χ2v) is 7.19. The van der Waals surface area contributed by atoms with Crippen molar-refractivity contribution in [3.05, 3.63) is 100 Å². The van der Waals surface area contributed by atoms with Gasteiger partial charge in [-0.05, 0) is 54.3 Å². The molecule has 1 aliphatic rings. The first-order valence-electron chi connectivity index (χ1n) is 9.16. The highest BCUT2D eigenvalue weighted by Crippen LogP contribution is 2.31. The number of amides is 2. The molecule has 1 unspecified atom stereocenters. The van der Waals surface area contributed by atoms with Gasteiger partial charge in [0, 0.05) is 11.3 Å². The second-order valence-electron chi connectivity index (χ2n) is 6.78. The van der Waals surface area contributed by atoms with E-state index in [0.717, 1.165) is 12.8 Å². The number of hydrogen-bond acceptors (Lipinski definition) is 2. The number of benzene rings is 3. The lowest BCUT2D eigenvalue weighted by Gasteiger charge is -2.15. The summed E-state index contributed by atoms with van der Waals surface area (Å²) in [6, 6.07) is 22.0. The number of carbonyl (C=O) groups is 2. The van der Waals surface area contributed by atoms with E-state index in [2.05, 4.69) is 22.8 Å². The largest absolute Gasteiger partial charge is 0.345 e. The Morgan fingerprint density at radius 1 is 0.893 bits per heavy atom. The monoisotopic (exact) mass is 390 g/mol. The summed E-state index contributed by atoms with van der Waals surface area (Å²) in [5.74, 6) is -0.469. The van der Waals surface area contributed by atoms with Gasteiger partial charge in [-0.2, -0.15) is 0 Å². The number of halogens is 1. The third-order valence-electron chi connectivity index (χ3n) is 4.94. The highest BCUT2D eigenvalue weighted by Gasteiger charge is 2.23. The van der Waals surface area contributed by atoms with Gasteiger partial charge in [0.25, 0.3) is 11.8 Å². The number of nitrogens with one attached hydrogen (secondary N) is 2. The normalized spacial score (nSPS) is 15.0. The molecule has 2 amide bonds. The van der Waals surface area contributed by atoms with Crippen LogP contribution in [0.5, 0.6) is 0 Å². The van der Waals surface area contributed by atoms with Crippen LogP contribution in [0.3, 0.4) is 0 Å². The molecule has 0 heterocycles. The first kappa shape index (κ1) is 18.3. The van der Waals surface area contributed by atoms with Gasteiger partial charge in [0.2, 0.25) is 0 Å². The molecular weight excluding hydrogens is 372 g/mol. The lowest BCUT2D eigenvalue weighted by atomic mass is 10.1. The van der Waals surface area contributed by atoms with E-state index in [4.69, 9.17) is 11.6 Å². The average Bonchev–Trinajstić information content (AvgIpc) is 3.11.